The topological polar surface area (TPSA) is 90.9 Å². The van der Waals surface area contributed by atoms with E-state index in [1.54, 1.807) is 52.0 Å². The van der Waals surface area contributed by atoms with Crippen molar-refractivity contribution in [3.8, 4) is 5.75 Å². The van der Waals surface area contributed by atoms with Gasteiger partial charge in [0.2, 0.25) is 0 Å². The van der Waals surface area contributed by atoms with Gasteiger partial charge in [-0.2, -0.15) is 0 Å². The average Bonchev–Trinajstić information content (AvgIpc) is 2.73. The number of amides is 1. The van der Waals surface area contributed by atoms with E-state index in [9.17, 15) is 14.4 Å². The lowest BCUT2D eigenvalue weighted by Crippen LogP contribution is -2.35. The third-order valence-corrected chi connectivity index (χ3v) is 4.27. The van der Waals surface area contributed by atoms with E-state index in [0.717, 1.165) is 5.56 Å². The summed E-state index contributed by atoms with van der Waals surface area (Å²) in [6.07, 6.45) is -0.455. The highest BCUT2D eigenvalue weighted by Crippen LogP contribution is 2.22. The van der Waals surface area contributed by atoms with Crippen molar-refractivity contribution in [2.24, 2.45) is 5.92 Å². The first-order valence-corrected chi connectivity index (χ1v) is 10.1. The molecule has 0 saturated carbocycles. The van der Waals surface area contributed by atoms with Gasteiger partial charge in [-0.25, -0.2) is 9.59 Å². The second-order valence-electron chi connectivity index (χ2n) is 8.16. The number of rotatable bonds is 8. The molecule has 0 fully saturated rings. The van der Waals surface area contributed by atoms with Crippen molar-refractivity contribution in [1.29, 1.82) is 0 Å². The van der Waals surface area contributed by atoms with E-state index in [0.29, 0.717) is 17.9 Å². The molecule has 0 heterocycles. The van der Waals surface area contributed by atoms with Crippen LogP contribution >= 0.6 is 0 Å². The molecule has 2 aromatic carbocycles. The van der Waals surface area contributed by atoms with Gasteiger partial charge in [0, 0.05) is 6.42 Å². The zero-order valence-corrected chi connectivity index (χ0v) is 18.3. The summed E-state index contributed by atoms with van der Waals surface area (Å²) in [4.78, 5) is 41.1. The molecule has 0 aliphatic rings. The summed E-state index contributed by atoms with van der Waals surface area (Å²) < 4.78 is 10.8. The van der Waals surface area contributed by atoms with Gasteiger partial charge in [-0.1, -0.05) is 49.4 Å². The minimum atomic E-state index is -0.853. The van der Waals surface area contributed by atoms with Crippen LogP contribution in [0.15, 0.2) is 54.6 Å². The largest absolute Gasteiger partial charge is 0.488 e. The Morgan fingerprint density at radius 3 is 2.29 bits per heavy atom. The van der Waals surface area contributed by atoms with Gasteiger partial charge in [0.15, 0.2) is 5.78 Å². The third kappa shape index (κ3) is 8.50. The molecule has 2 rings (SSSR count). The summed E-state index contributed by atoms with van der Waals surface area (Å²) >= 11 is 0. The number of hydrogen-bond donors (Lipinski definition) is 1. The number of carbonyl (C=O) groups excluding carboxylic acids is 3. The van der Waals surface area contributed by atoms with Gasteiger partial charge in [0.25, 0.3) is 0 Å². The molecule has 1 N–H and O–H groups in total. The van der Waals surface area contributed by atoms with Crippen LogP contribution in [-0.4, -0.2) is 23.4 Å². The smallest absolute Gasteiger partial charge is 0.441 e. The van der Waals surface area contributed by atoms with Crippen molar-refractivity contribution in [3.05, 3.63) is 65.7 Å². The molecule has 0 aliphatic carbocycles. The number of carbonyl (C=O) groups is 3. The molecule has 2 aromatic rings. The van der Waals surface area contributed by atoms with Gasteiger partial charge in [-0.15, -0.1) is 5.48 Å². The van der Waals surface area contributed by atoms with Crippen LogP contribution in [0.5, 0.6) is 5.75 Å². The molecule has 166 valence electrons. The van der Waals surface area contributed by atoms with Crippen molar-refractivity contribution >= 4 is 17.8 Å². The number of benzene rings is 2. The second kappa shape index (κ2) is 11.2. The van der Waals surface area contributed by atoms with Crippen LogP contribution in [0.4, 0.5) is 4.79 Å². The van der Waals surface area contributed by atoms with E-state index >= 15 is 0 Å². The Bertz CT molecular complexity index is 888. The number of ketones is 1. The number of ether oxygens (including phenoxy) is 2. The fourth-order valence-electron chi connectivity index (χ4n) is 2.65. The van der Waals surface area contributed by atoms with Gasteiger partial charge in [0.05, 0.1) is 11.5 Å². The Balaban J connectivity index is 1.85. The Morgan fingerprint density at radius 2 is 1.61 bits per heavy atom. The van der Waals surface area contributed by atoms with Gasteiger partial charge in [-0.3, -0.25) is 4.79 Å². The van der Waals surface area contributed by atoms with Crippen LogP contribution in [0.1, 0.15) is 56.5 Å². The van der Waals surface area contributed by atoms with E-state index in [1.165, 1.54) is 0 Å². The molecular weight excluding hydrogens is 398 g/mol. The first kappa shape index (κ1) is 23.9. The van der Waals surface area contributed by atoms with Crippen LogP contribution in [0.25, 0.3) is 0 Å². The van der Waals surface area contributed by atoms with Crippen molar-refractivity contribution in [1.82, 2.24) is 5.48 Å². The minimum absolute atomic E-state index is 0.133. The third-order valence-electron chi connectivity index (χ3n) is 4.27. The lowest BCUT2D eigenvalue weighted by atomic mass is 9.99. The first-order valence-electron chi connectivity index (χ1n) is 10.1. The molecule has 0 radical (unpaired) electrons. The summed E-state index contributed by atoms with van der Waals surface area (Å²) in [5.41, 5.74) is 2.72. The standard InChI is InChI=1S/C24H29NO6/c1-17(22(27)31-25-23(28)30-24(2,3)4)14-15-20(26)19-12-8-9-13-21(19)29-16-18-10-6-5-7-11-18/h5-13,17H,14-16H2,1-4H3,(H,25,28). The summed E-state index contributed by atoms with van der Waals surface area (Å²) in [7, 11) is 0. The Kier molecular flexibility index (Phi) is 8.61. The summed E-state index contributed by atoms with van der Waals surface area (Å²) in [6, 6.07) is 16.7. The fraction of sp³-hybridized carbons (Fsp3) is 0.375. The maximum Gasteiger partial charge on any atom is 0.441 e. The molecule has 0 saturated heterocycles. The summed E-state index contributed by atoms with van der Waals surface area (Å²) in [5.74, 6) is -0.870. The van der Waals surface area contributed by atoms with E-state index in [2.05, 4.69) is 0 Å². The molecule has 1 amide bonds. The highest BCUT2D eigenvalue weighted by molar-refractivity contribution is 5.98. The number of para-hydroxylation sites is 1. The summed E-state index contributed by atoms with van der Waals surface area (Å²) in [5, 5.41) is 0. The second-order valence-corrected chi connectivity index (χ2v) is 8.16. The van der Waals surface area contributed by atoms with Gasteiger partial charge < -0.3 is 14.3 Å². The number of Topliss-reactive ketones (excluding diaryl/α,β-unsaturated/α-hetero) is 1. The van der Waals surface area contributed by atoms with Crippen LogP contribution in [0, 0.1) is 5.92 Å². The van der Waals surface area contributed by atoms with E-state index in [1.807, 2.05) is 35.8 Å². The monoisotopic (exact) mass is 427 g/mol. The molecule has 0 bridgehead atoms. The van der Waals surface area contributed by atoms with Crippen molar-refractivity contribution < 1.29 is 28.7 Å². The maximum atomic E-state index is 12.7. The van der Waals surface area contributed by atoms with Crippen molar-refractivity contribution in [3.63, 3.8) is 0 Å². The zero-order chi connectivity index (χ0) is 22.9. The van der Waals surface area contributed by atoms with Crippen molar-refractivity contribution in [2.45, 2.75) is 52.7 Å². The van der Waals surface area contributed by atoms with Crippen LogP contribution < -0.4 is 10.2 Å². The zero-order valence-electron chi connectivity index (χ0n) is 18.3. The molecule has 31 heavy (non-hydrogen) atoms. The molecule has 0 spiro atoms. The number of hydrogen-bond acceptors (Lipinski definition) is 6. The molecular formula is C24H29NO6. The number of nitrogens with one attached hydrogen (secondary N) is 1. The lowest BCUT2D eigenvalue weighted by Gasteiger charge is -2.19. The highest BCUT2D eigenvalue weighted by Gasteiger charge is 2.21. The molecule has 0 aliphatic heterocycles. The quantitative estimate of drug-likeness (QED) is 0.478. The van der Waals surface area contributed by atoms with Crippen LogP contribution in [0.2, 0.25) is 0 Å². The average molecular weight is 427 g/mol. The summed E-state index contributed by atoms with van der Waals surface area (Å²) in [6.45, 7) is 7.08. The maximum absolute atomic E-state index is 12.7. The van der Waals surface area contributed by atoms with E-state index in [-0.39, 0.29) is 18.6 Å². The van der Waals surface area contributed by atoms with Gasteiger partial charge >= 0.3 is 12.1 Å². The van der Waals surface area contributed by atoms with Crippen LogP contribution in [-0.2, 0) is 21.0 Å². The SMILES string of the molecule is CC(CCC(=O)c1ccccc1OCc1ccccc1)C(=O)ONC(=O)OC(C)(C)C. The van der Waals surface area contributed by atoms with Gasteiger partial charge in [-0.05, 0) is 44.9 Å². The Labute approximate surface area is 182 Å². The number of hydroxylamine groups is 1. The molecule has 7 nitrogen and oxygen atoms in total. The van der Waals surface area contributed by atoms with Crippen LogP contribution in [0.3, 0.4) is 0 Å². The van der Waals surface area contributed by atoms with E-state index < -0.39 is 23.6 Å². The molecule has 7 heteroatoms. The minimum Gasteiger partial charge on any atom is -0.488 e. The van der Waals surface area contributed by atoms with Crippen molar-refractivity contribution in [2.75, 3.05) is 0 Å². The van der Waals surface area contributed by atoms with Gasteiger partial charge in [0.1, 0.15) is 18.0 Å². The normalized spacial score (nSPS) is 11.9. The molecule has 1 unspecified atom stereocenters. The Morgan fingerprint density at radius 1 is 0.968 bits per heavy atom. The predicted molar refractivity (Wildman–Crippen MR) is 115 cm³/mol. The highest BCUT2D eigenvalue weighted by atomic mass is 16.7. The Hall–Kier alpha value is -3.35. The first-order chi connectivity index (χ1) is 14.7. The molecule has 0 aromatic heterocycles. The van der Waals surface area contributed by atoms with E-state index in [4.69, 9.17) is 14.3 Å². The fourth-order valence-corrected chi connectivity index (χ4v) is 2.65. The molecule has 1 atom stereocenters. The lowest BCUT2D eigenvalue weighted by molar-refractivity contribution is -0.155. The predicted octanol–water partition coefficient (Wildman–Crippen LogP) is 4.85.